The standard InChI is InChI=1S/C36H36ClF6N3O3/c1-19(2)33(36(41,42)43)32-21(4)20(3)30(16-28(32)37)46-18-27-25(22-8-6-5-7-9-22)14-24(35(38,39)40)15-26(27)23-10-11-29(45-17-23)34(49)44-13-12-31(47)48/h5-11,14-15,17,20-21,30,33,46H,1,12-13,16,18H2,2-4H3,(H,44,49)(H,47,48)/t20-,21+,30-,33?/m1/s1. The maximum absolute atomic E-state index is 14.3. The largest absolute Gasteiger partial charge is 0.481 e. The summed E-state index contributed by atoms with van der Waals surface area (Å²) in [5.74, 6) is -4.55. The molecular weight excluding hydrogens is 672 g/mol. The summed E-state index contributed by atoms with van der Waals surface area (Å²) in [7, 11) is 0. The molecule has 4 rings (SSSR count). The van der Waals surface area contributed by atoms with Gasteiger partial charge in [0.25, 0.3) is 5.91 Å². The van der Waals surface area contributed by atoms with E-state index in [4.69, 9.17) is 16.7 Å². The Bertz CT molecular complexity index is 1720. The van der Waals surface area contributed by atoms with Crippen LogP contribution < -0.4 is 10.6 Å². The summed E-state index contributed by atoms with van der Waals surface area (Å²) in [6.07, 6.45) is -8.23. The van der Waals surface area contributed by atoms with Crippen LogP contribution in [-0.2, 0) is 17.5 Å². The van der Waals surface area contributed by atoms with Crippen LogP contribution in [0.3, 0.4) is 0 Å². The normalized spacial score (nSPS) is 19.0. The van der Waals surface area contributed by atoms with Crippen molar-refractivity contribution >= 4 is 23.5 Å². The second-order valence-electron chi connectivity index (χ2n) is 12.3. The van der Waals surface area contributed by atoms with E-state index in [1.807, 2.05) is 6.92 Å². The Morgan fingerprint density at radius 3 is 2.18 bits per heavy atom. The molecule has 3 aromatic rings. The third kappa shape index (κ3) is 8.90. The maximum Gasteiger partial charge on any atom is 0.416 e. The number of carbonyl (C=O) groups excluding carboxylic acids is 1. The van der Waals surface area contributed by atoms with Gasteiger partial charge in [0.1, 0.15) is 5.69 Å². The van der Waals surface area contributed by atoms with E-state index < -0.39 is 47.7 Å². The number of rotatable bonds is 11. The Morgan fingerprint density at radius 1 is 1.02 bits per heavy atom. The van der Waals surface area contributed by atoms with Crippen LogP contribution in [0.4, 0.5) is 26.3 Å². The third-order valence-corrected chi connectivity index (χ3v) is 9.26. The number of aliphatic carboxylic acids is 1. The lowest BCUT2D eigenvalue weighted by molar-refractivity contribution is -0.156. The SMILES string of the molecule is C=C(C)C(C1=C(Cl)C[C@@H](NCc2c(-c3ccccc3)cc(C(F)(F)F)cc2-c2ccc(C(=O)NCCC(=O)O)nc2)[C@H](C)[C@@H]1C)C(F)(F)F. The number of alkyl halides is 6. The lowest BCUT2D eigenvalue weighted by Gasteiger charge is -2.40. The second kappa shape index (κ2) is 15.2. The maximum atomic E-state index is 14.3. The number of nitrogens with one attached hydrogen (secondary N) is 2. The number of benzene rings is 2. The highest BCUT2D eigenvalue weighted by molar-refractivity contribution is 6.30. The quantitative estimate of drug-likeness (QED) is 0.137. The van der Waals surface area contributed by atoms with Crippen molar-refractivity contribution in [1.82, 2.24) is 15.6 Å². The Kier molecular flexibility index (Phi) is 11.7. The minimum atomic E-state index is -4.71. The summed E-state index contributed by atoms with van der Waals surface area (Å²) in [5, 5.41) is 14.7. The predicted molar refractivity (Wildman–Crippen MR) is 176 cm³/mol. The molecule has 4 atom stereocenters. The molecule has 262 valence electrons. The first-order valence-electron chi connectivity index (χ1n) is 15.5. The van der Waals surface area contributed by atoms with Crippen molar-refractivity contribution in [1.29, 1.82) is 0 Å². The molecule has 1 unspecified atom stereocenters. The number of hydrogen-bond acceptors (Lipinski definition) is 4. The van der Waals surface area contributed by atoms with Gasteiger partial charge in [-0.1, -0.05) is 74.0 Å². The van der Waals surface area contributed by atoms with Crippen LogP contribution in [0.2, 0.25) is 0 Å². The molecule has 0 aliphatic heterocycles. The number of carboxylic acid groups (broad SMARTS) is 1. The highest BCUT2D eigenvalue weighted by Gasteiger charge is 2.47. The zero-order valence-electron chi connectivity index (χ0n) is 27.0. The number of pyridine rings is 1. The molecule has 49 heavy (non-hydrogen) atoms. The summed E-state index contributed by atoms with van der Waals surface area (Å²) in [6.45, 7) is 8.27. The molecular formula is C36H36ClF6N3O3. The molecule has 3 N–H and O–H groups in total. The number of hydrogen-bond donors (Lipinski definition) is 3. The highest BCUT2D eigenvalue weighted by Crippen LogP contribution is 2.48. The minimum absolute atomic E-state index is 0.0273. The number of amides is 1. The summed E-state index contributed by atoms with van der Waals surface area (Å²) in [6, 6.07) is 12.9. The summed E-state index contributed by atoms with van der Waals surface area (Å²) in [5.41, 5.74) is 0.774. The van der Waals surface area contributed by atoms with Gasteiger partial charge in [-0.15, -0.1) is 0 Å². The first-order valence-corrected chi connectivity index (χ1v) is 15.9. The molecule has 1 heterocycles. The van der Waals surface area contributed by atoms with Crippen molar-refractivity contribution in [2.24, 2.45) is 17.8 Å². The molecule has 1 aliphatic carbocycles. The van der Waals surface area contributed by atoms with Gasteiger partial charge in [-0.25, -0.2) is 0 Å². The van der Waals surface area contributed by atoms with Crippen molar-refractivity contribution in [3.8, 4) is 22.3 Å². The van der Waals surface area contributed by atoms with E-state index in [-0.39, 0.29) is 70.4 Å². The van der Waals surface area contributed by atoms with E-state index in [0.717, 1.165) is 12.1 Å². The van der Waals surface area contributed by atoms with Gasteiger partial charge in [0.05, 0.1) is 17.9 Å². The van der Waals surface area contributed by atoms with E-state index >= 15 is 0 Å². The number of halogens is 7. The molecule has 0 saturated heterocycles. The van der Waals surface area contributed by atoms with E-state index in [1.54, 1.807) is 37.3 Å². The number of allylic oxidation sites excluding steroid dienone is 2. The smallest absolute Gasteiger partial charge is 0.416 e. The number of aromatic nitrogens is 1. The van der Waals surface area contributed by atoms with Gasteiger partial charge in [0, 0.05) is 35.9 Å². The molecule has 1 aromatic heterocycles. The molecule has 0 saturated carbocycles. The van der Waals surface area contributed by atoms with Gasteiger partial charge >= 0.3 is 18.3 Å². The number of nitrogens with zero attached hydrogens (tertiary/aromatic N) is 1. The fourth-order valence-electron chi connectivity index (χ4n) is 6.23. The lowest BCUT2D eigenvalue weighted by atomic mass is 9.71. The van der Waals surface area contributed by atoms with Crippen molar-refractivity contribution in [2.45, 2.75) is 58.6 Å². The Morgan fingerprint density at radius 2 is 1.65 bits per heavy atom. The molecule has 0 fully saturated rings. The van der Waals surface area contributed by atoms with E-state index in [2.05, 4.69) is 22.2 Å². The first-order chi connectivity index (χ1) is 22.9. The monoisotopic (exact) mass is 707 g/mol. The predicted octanol–water partition coefficient (Wildman–Crippen LogP) is 9.02. The lowest BCUT2D eigenvalue weighted by Crippen LogP contribution is -2.43. The summed E-state index contributed by atoms with van der Waals surface area (Å²) in [4.78, 5) is 27.4. The van der Waals surface area contributed by atoms with Gasteiger partial charge in [0.2, 0.25) is 0 Å². The Hall–Kier alpha value is -4.16. The average molecular weight is 708 g/mol. The van der Waals surface area contributed by atoms with Gasteiger partial charge in [-0.05, 0) is 71.2 Å². The van der Waals surface area contributed by atoms with Crippen LogP contribution in [0.1, 0.15) is 55.2 Å². The summed E-state index contributed by atoms with van der Waals surface area (Å²) < 4.78 is 85.1. The summed E-state index contributed by atoms with van der Waals surface area (Å²) >= 11 is 6.58. The molecule has 2 aromatic carbocycles. The van der Waals surface area contributed by atoms with Crippen LogP contribution in [0, 0.1) is 17.8 Å². The fraction of sp³-hybridized carbons (Fsp3) is 0.361. The van der Waals surface area contributed by atoms with Gasteiger partial charge in [-0.2, -0.15) is 26.3 Å². The zero-order valence-corrected chi connectivity index (χ0v) is 27.7. The highest BCUT2D eigenvalue weighted by atomic mass is 35.5. The van der Waals surface area contributed by atoms with Crippen molar-refractivity contribution in [2.75, 3.05) is 6.54 Å². The molecule has 6 nitrogen and oxygen atoms in total. The molecule has 0 radical (unpaired) electrons. The molecule has 0 spiro atoms. The first kappa shape index (κ1) is 37.7. The molecule has 1 aliphatic rings. The van der Waals surface area contributed by atoms with Crippen LogP contribution in [-0.4, -0.2) is 40.7 Å². The number of carbonyl (C=O) groups is 2. The minimum Gasteiger partial charge on any atom is -0.481 e. The average Bonchev–Trinajstić information content (AvgIpc) is 3.02. The number of carboxylic acids is 1. The Balaban J connectivity index is 1.77. The van der Waals surface area contributed by atoms with E-state index in [1.165, 1.54) is 25.3 Å². The van der Waals surface area contributed by atoms with E-state index in [9.17, 15) is 35.9 Å². The second-order valence-corrected chi connectivity index (χ2v) is 12.7. The zero-order chi connectivity index (χ0) is 36.3. The fourth-order valence-corrected chi connectivity index (χ4v) is 6.67. The van der Waals surface area contributed by atoms with Gasteiger partial charge < -0.3 is 15.7 Å². The van der Waals surface area contributed by atoms with Crippen molar-refractivity contribution < 1.29 is 41.0 Å². The topological polar surface area (TPSA) is 91.3 Å². The van der Waals surface area contributed by atoms with Crippen molar-refractivity contribution in [3.05, 3.63) is 100 Å². The van der Waals surface area contributed by atoms with Crippen LogP contribution in [0.15, 0.2) is 83.6 Å². The van der Waals surface area contributed by atoms with Crippen LogP contribution >= 0.6 is 11.6 Å². The van der Waals surface area contributed by atoms with Gasteiger partial charge in [-0.3, -0.25) is 14.6 Å². The Labute approximate surface area is 285 Å². The van der Waals surface area contributed by atoms with Crippen LogP contribution in [0.25, 0.3) is 22.3 Å². The molecule has 13 heteroatoms. The van der Waals surface area contributed by atoms with Crippen molar-refractivity contribution in [3.63, 3.8) is 0 Å². The molecule has 1 amide bonds. The molecule has 0 bridgehead atoms. The third-order valence-electron chi connectivity index (χ3n) is 8.89. The van der Waals surface area contributed by atoms with Crippen LogP contribution in [0.5, 0.6) is 0 Å². The van der Waals surface area contributed by atoms with E-state index in [0.29, 0.717) is 11.1 Å². The van der Waals surface area contributed by atoms with Gasteiger partial charge in [0.15, 0.2) is 0 Å².